The Morgan fingerprint density at radius 3 is 3.00 bits per heavy atom. The van der Waals surface area contributed by atoms with E-state index < -0.39 is 0 Å². The third-order valence-electron chi connectivity index (χ3n) is 4.57. The van der Waals surface area contributed by atoms with Crippen LogP contribution in [0, 0.1) is 0 Å². The van der Waals surface area contributed by atoms with Crippen LogP contribution in [0.1, 0.15) is 17.5 Å². The highest BCUT2D eigenvalue weighted by molar-refractivity contribution is 8.01. The van der Waals surface area contributed by atoms with Crippen LogP contribution in [0.15, 0.2) is 36.9 Å². The fourth-order valence-electron chi connectivity index (χ4n) is 3.52. The molecular formula is C17H22N4OS. The van der Waals surface area contributed by atoms with Crippen molar-refractivity contribution < 1.29 is 4.74 Å². The Kier molecular flexibility index (Phi) is 4.13. The highest BCUT2D eigenvalue weighted by Gasteiger charge is 2.49. The second-order valence-corrected chi connectivity index (χ2v) is 8.15. The minimum Gasteiger partial charge on any atom is -0.373 e. The number of aryl methyl sites for hydroxylation is 1. The van der Waals surface area contributed by atoms with E-state index in [9.17, 15) is 0 Å². The molecule has 122 valence electrons. The molecule has 0 radical (unpaired) electrons. The molecule has 5 nitrogen and oxygen atoms in total. The lowest BCUT2D eigenvalue weighted by Crippen LogP contribution is -2.58. The van der Waals surface area contributed by atoms with Crippen molar-refractivity contribution in [1.82, 2.24) is 19.7 Å². The molecule has 4 rings (SSSR count). The van der Waals surface area contributed by atoms with E-state index in [2.05, 4.69) is 39.0 Å². The molecule has 2 aromatic rings. The van der Waals surface area contributed by atoms with Gasteiger partial charge in [0.1, 0.15) is 0 Å². The summed E-state index contributed by atoms with van der Waals surface area (Å²) >= 11 is 2.09. The van der Waals surface area contributed by atoms with Crippen LogP contribution >= 0.6 is 11.8 Å². The van der Waals surface area contributed by atoms with E-state index in [0.29, 0.717) is 17.5 Å². The summed E-state index contributed by atoms with van der Waals surface area (Å²) in [5.41, 5.74) is 2.46. The average Bonchev–Trinajstić information content (AvgIpc) is 3.13. The van der Waals surface area contributed by atoms with Gasteiger partial charge in [-0.05, 0) is 18.1 Å². The minimum absolute atomic E-state index is 0.376. The summed E-state index contributed by atoms with van der Waals surface area (Å²) < 4.78 is 8.38. The number of thioether (sulfide) groups is 1. The van der Waals surface area contributed by atoms with Crippen LogP contribution in [0.5, 0.6) is 0 Å². The summed E-state index contributed by atoms with van der Waals surface area (Å²) in [6, 6.07) is 4.04. The van der Waals surface area contributed by atoms with Crippen LogP contribution in [0.3, 0.4) is 0 Å². The van der Waals surface area contributed by atoms with Gasteiger partial charge in [-0.2, -0.15) is 5.10 Å². The van der Waals surface area contributed by atoms with Gasteiger partial charge < -0.3 is 4.74 Å². The zero-order valence-corrected chi connectivity index (χ0v) is 14.2. The number of aromatic nitrogens is 3. The number of hydrogen-bond donors (Lipinski definition) is 0. The van der Waals surface area contributed by atoms with Crippen LogP contribution in [-0.4, -0.2) is 49.4 Å². The number of ether oxygens (including phenoxy) is 1. The lowest BCUT2D eigenvalue weighted by molar-refractivity contribution is 0.0263. The average molecular weight is 330 g/mol. The van der Waals surface area contributed by atoms with E-state index >= 15 is 0 Å². The predicted molar refractivity (Wildman–Crippen MR) is 91.1 cm³/mol. The Morgan fingerprint density at radius 1 is 1.35 bits per heavy atom. The summed E-state index contributed by atoms with van der Waals surface area (Å²) in [6.45, 7) is 4.02. The van der Waals surface area contributed by atoms with Crippen LogP contribution in [0.4, 0.5) is 0 Å². The van der Waals surface area contributed by atoms with Crippen molar-refractivity contribution in [2.75, 3.05) is 18.8 Å². The van der Waals surface area contributed by atoms with E-state index in [-0.39, 0.29) is 0 Å². The molecule has 0 unspecified atom stereocenters. The van der Waals surface area contributed by atoms with E-state index in [1.165, 1.54) is 25.1 Å². The smallest absolute Gasteiger partial charge is 0.0736 e. The van der Waals surface area contributed by atoms with Gasteiger partial charge in [0.25, 0.3) is 0 Å². The van der Waals surface area contributed by atoms with Crippen LogP contribution in [0.2, 0.25) is 0 Å². The fourth-order valence-corrected chi connectivity index (χ4v) is 5.12. The molecule has 0 aliphatic carbocycles. The van der Waals surface area contributed by atoms with Gasteiger partial charge in [0.05, 0.1) is 18.9 Å². The van der Waals surface area contributed by atoms with Gasteiger partial charge in [0, 0.05) is 61.3 Å². The topological polar surface area (TPSA) is 43.2 Å². The molecule has 0 N–H and O–H groups in total. The number of pyridine rings is 1. The zero-order valence-electron chi connectivity index (χ0n) is 13.4. The highest BCUT2D eigenvalue weighted by Crippen LogP contribution is 2.46. The van der Waals surface area contributed by atoms with Gasteiger partial charge in [-0.3, -0.25) is 14.6 Å². The van der Waals surface area contributed by atoms with Crippen LogP contribution in [-0.2, 0) is 24.9 Å². The number of nitrogens with zero attached hydrogens (tertiary/aromatic N) is 4. The van der Waals surface area contributed by atoms with E-state index in [1.807, 2.05) is 30.2 Å². The van der Waals surface area contributed by atoms with Crippen molar-refractivity contribution in [2.45, 2.75) is 30.4 Å². The third kappa shape index (κ3) is 3.44. The molecule has 2 aromatic heterocycles. The molecule has 4 heterocycles. The Labute approximate surface area is 141 Å². The summed E-state index contributed by atoms with van der Waals surface area (Å²) in [7, 11) is 1.97. The molecule has 2 aliphatic rings. The van der Waals surface area contributed by atoms with Gasteiger partial charge in [0.2, 0.25) is 0 Å². The molecule has 0 saturated carbocycles. The van der Waals surface area contributed by atoms with Gasteiger partial charge in [0.15, 0.2) is 0 Å². The molecule has 2 saturated heterocycles. The molecule has 6 heteroatoms. The Hall–Kier alpha value is -1.37. The molecule has 0 aromatic carbocycles. The van der Waals surface area contributed by atoms with Crippen LogP contribution in [0.25, 0.3) is 0 Å². The standard InChI is InChI=1S/C17H22N4OS/c1-20-8-15(7-19-20)9-21-12-17(13-21)5-16(11-23-17)22-10-14-3-2-4-18-6-14/h2-4,6-8,16H,5,9-13H2,1H3/t16-/m1/s1. The summed E-state index contributed by atoms with van der Waals surface area (Å²) in [5, 5.41) is 4.24. The molecular weight excluding hydrogens is 308 g/mol. The Balaban J connectivity index is 1.23. The molecule has 1 atom stereocenters. The SMILES string of the molecule is Cn1cc(CN2CC3(C[C@@H](OCc4cccnc4)CS3)C2)cn1. The molecule has 1 spiro atoms. The van der Waals surface area contributed by atoms with Crippen molar-refractivity contribution in [2.24, 2.45) is 7.05 Å². The monoisotopic (exact) mass is 330 g/mol. The predicted octanol–water partition coefficient (Wildman–Crippen LogP) is 2.09. The van der Waals surface area contributed by atoms with E-state index in [4.69, 9.17) is 4.74 Å². The number of hydrogen-bond acceptors (Lipinski definition) is 5. The van der Waals surface area contributed by atoms with Crippen LogP contribution < -0.4 is 0 Å². The third-order valence-corrected chi connectivity index (χ3v) is 6.15. The second-order valence-electron chi connectivity index (χ2n) is 6.66. The first-order chi connectivity index (χ1) is 11.2. The number of rotatable bonds is 5. The summed E-state index contributed by atoms with van der Waals surface area (Å²) in [5.74, 6) is 1.11. The summed E-state index contributed by atoms with van der Waals surface area (Å²) in [6.07, 6.45) is 9.30. The first kappa shape index (κ1) is 15.2. The second kappa shape index (κ2) is 6.26. The van der Waals surface area contributed by atoms with Crippen molar-refractivity contribution in [3.63, 3.8) is 0 Å². The first-order valence-electron chi connectivity index (χ1n) is 8.05. The Morgan fingerprint density at radius 2 is 2.26 bits per heavy atom. The molecule has 2 fully saturated rings. The van der Waals surface area contributed by atoms with Crippen molar-refractivity contribution in [3.05, 3.63) is 48.0 Å². The van der Waals surface area contributed by atoms with Gasteiger partial charge >= 0.3 is 0 Å². The Bertz CT molecular complexity index is 654. The normalized spacial score (nSPS) is 23.3. The maximum absolute atomic E-state index is 6.08. The van der Waals surface area contributed by atoms with Gasteiger partial charge in [-0.15, -0.1) is 11.8 Å². The fraction of sp³-hybridized carbons (Fsp3) is 0.529. The maximum atomic E-state index is 6.08. The van der Waals surface area contributed by atoms with E-state index in [1.54, 1.807) is 6.20 Å². The quantitative estimate of drug-likeness (QED) is 0.840. The van der Waals surface area contributed by atoms with Crippen molar-refractivity contribution in [1.29, 1.82) is 0 Å². The van der Waals surface area contributed by atoms with Gasteiger partial charge in [-0.25, -0.2) is 0 Å². The number of likely N-dealkylation sites (tertiary alicyclic amines) is 1. The maximum Gasteiger partial charge on any atom is 0.0736 e. The molecule has 0 amide bonds. The molecule has 2 aliphatic heterocycles. The van der Waals surface area contributed by atoms with Gasteiger partial charge in [-0.1, -0.05) is 6.07 Å². The zero-order chi connectivity index (χ0) is 15.7. The largest absolute Gasteiger partial charge is 0.373 e. The summed E-state index contributed by atoms with van der Waals surface area (Å²) in [4.78, 5) is 6.65. The lowest BCUT2D eigenvalue weighted by Gasteiger charge is -2.47. The van der Waals surface area contributed by atoms with Crippen molar-refractivity contribution >= 4 is 11.8 Å². The first-order valence-corrected chi connectivity index (χ1v) is 9.04. The molecule has 23 heavy (non-hydrogen) atoms. The van der Waals surface area contributed by atoms with E-state index in [0.717, 1.165) is 17.9 Å². The highest BCUT2D eigenvalue weighted by atomic mass is 32.2. The minimum atomic E-state index is 0.376. The molecule has 0 bridgehead atoms. The lowest BCUT2D eigenvalue weighted by atomic mass is 9.92. The van der Waals surface area contributed by atoms with Crippen molar-refractivity contribution in [3.8, 4) is 0 Å².